The third kappa shape index (κ3) is 6.25. The van der Waals surface area contributed by atoms with Crippen LogP contribution >= 0.6 is 0 Å². The molecular weight excluding hydrogens is 240 g/mol. The van der Waals surface area contributed by atoms with E-state index in [4.69, 9.17) is 0 Å². The van der Waals surface area contributed by atoms with Gasteiger partial charge >= 0.3 is 6.03 Å². The van der Waals surface area contributed by atoms with E-state index in [1.54, 1.807) is 0 Å². The van der Waals surface area contributed by atoms with Crippen molar-refractivity contribution in [2.45, 2.75) is 39.8 Å². The summed E-state index contributed by atoms with van der Waals surface area (Å²) in [7, 11) is 0. The van der Waals surface area contributed by atoms with Crippen molar-refractivity contribution in [3.8, 4) is 0 Å². The predicted molar refractivity (Wildman–Crippen MR) is 76.7 cm³/mol. The predicted octanol–water partition coefficient (Wildman–Crippen LogP) is 2.41. The Kier molecular flexibility index (Phi) is 6.97. The Balaban J connectivity index is 2.26. The summed E-state index contributed by atoms with van der Waals surface area (Å²) in [4.78, 5) is 11.6. The van der Waals surface area contributed by atoms with Gasteiger partial charge in [-0.1, -0.05) is 38.1 Å². The van der Waals surface area contributed by atoms with Crippen LogP contribution in [0, 0.1) is 5.92 Å². The third-order valence-electron chi connectivity index (χ3n) is 2.97. The molecule has 0 saturated heterocycles. The number of amides is 2. The molecule has 0 spiro atoms. The lowest BCUT2D eigenvalue weighted by Gasteiger charge is -2.10. The summed E-state index contributed by atoms with van der Waals surface area (Å²) >= 11 is 0. The normalized spacial score (nSPS) is 10.5. The zero-order chi connectivity index (χ0) is 14.1. The van der Waals surface area contributed by atoms with Gasteiger partial charge in [0.1, 0.15) is 0 Å². The second-order valence-corrected chi connectivity index (χ2v) is 5.07. The lowest BCUT2D eigenvalue weighted by atomic mass is 10.1. The fourth-order valence-electron chi connectivity index (χ4n) is 1.83. The van der Waals surface area contributed by atoms with E-state index in [2.05, 4.69) is 24.5 Å². The first-order valence-electron chi connectivity index (χ1n) is 6.82. The van der Waals surface area contributed by atoms with E-state index in [-0.39, 0.29) is 12.6 Å². The number of hydrogen-bond donors (Lipinski definition) is 3. The molecule has 0 radical (unpaired) electrons. The smallest absolute Gasteiger partial charge is 0.315 e. The average molecular weight is 264 g/mol. The summed E-state index contributed by atoms with van der Waals surface area (Å²) in [5, 5.41) is 14.8. The monoisotopic (exact) mass is 264 g/mol. The Morgan fingerprint density at radius 1 is 1.21 bits per heavy atom. The summed E-state index contributed by atoms with van der Waals surface area (Å²) in [5.41, 5.74) is 1.80. The second kappa shape index (κ2) is 8.53. The van der Waals surface area contributed by atoms with Crippen LogP contribution in [0.3, 0.4) is 0 Å². The summed E-state index contributed by atoms with van der Waals surface area (Å²) in [6, 6.07) is 7.39. The molecule has 3 N–H and O–H groups in total. The first-order chi connectivity index (χ1) is 9.13. The van der Waals surface area contributed by atoms with E-state index in [9.17, 15) is 9.90 Å². The fraction of sp³-hybridized carbons (Fsp3) is 0.533. The number of carbonyl (C=O) groups excluding carboxylic acids is 1. The van der Waals surface area contributed by atoms with Crippen LogP contribution in [-0.4, -0.2) is 17.7 Å². The van der Waals surface area contributed by atoms with Gasteiger partial charge in [-0.05, 0) is 29.9 Å². The van der Waals surface area contributed by atoms with Crippen LogP contribution in [-0.2, 0) is 13.2 Å². The van der Waals surface area contributed by atoms with E-state index in [0.717, 1.165) is 24.0 Å². The van der Waals surface area contributed by atoms with E-state index >= 15 is 0 Å². The lowest BCUT2D eigenvalue weighted by Crippen LogP contribution is -2.35. The van der Waals surface area contributed by atoms with Crippen molar-refractivity contribution in [1.82, 2.24) is 10.6 Å². The van der Waals surface area contributed by atoms with Crippen LogP contribution in [0.25, 0.3) is 0 Å². The van der Waals surface area contributed by atoms with Crippen LogP contribution in [0.15, 0.2) is 24.3 Å². The van der Waals surface area contributed by atoms with Gasteiger partial charge < -0.3 is 15.7 Å². The molecule has 19 heavy (non-hydrogen) atoms. The molecule has 0 heterocycles. The van der Waals surface area contributed by atoms with Crippen LogP contribution in [0.1, 0.15) is 37.8 Å². The zero-order valence-corrected chi connectivity index (χ0v) is 11.8. The first kappa shape index (κ1) is 15.5. The van der Waals surface area contributed by atoms with Gasteiger partial charge in [0.25, 0.3) is 0 Å². The molecule has 2 amide bonds. The molecule has 1 aromatic rings. The Bertz CT molecular complexity index is 391. The standard InChI is InChI=1S/C15H24N2O2/c1-12(2)6-5-9-16-15(19)17-10-13-7-3-4-8-14(13)11-18/h3-4,7-8,12,18H,5-6,9-11H2,1-2H3,(H2,16,17,19). The number of benzene rings is 1. The lowest BCUT2D eigenvalue weighted by molar-refractivity contribution is 0.239. The van der Waals surface area contributed by atoms with Gasteiger partial charge in [-0.15, -0.1) is 0 Å². The summed E-state index contributed by atoms with van der Waals surface area (Å²) < 4.78 is 0. The van der Waals surface area contributed by atoms with Gasteiger partial charge in [-0.2, -0.15) is 0 Å². The quantitative estimate of drug-likeness (QED) is 0.662. The molecule has 0 atom stereocenters. The molecule has 106 valence electrons. The van der Waals surface area contributed by atoms with Gasteiger partial charge in [0.05, 0.1) is 6.61 Å². The maximum Gasteiger partial charge on any atom is 0.315 e. The van der Waals surface area contributed by atoms with Crippen molar-refractivity contribution in [2.75, 3.05) is 6.54 Å². The average Bonchev–Trinajstić information content (AvgIpc) is 2.41. The van der Waals surface area contributed by atoms with Crippen molar-refractivity contribution < 1.29 is 9.90 Å². The number of nitrogens with one attached hydrogen (secondary N) is 2. The number of rotatable bonds is 7. The van der Waals surface area contributed by atoms with E-state index in [1.807, 2.05) is 24.3 Å². The number of aliphatic hydroxyl groups excluding tert-OH is 1. The topological polar surface area (TPSA) is 61.4 Å². The molecule has 0 aliphatic rings. The van der Waals surface area contributed by atoms with Crippen LogP contribution in [0.4, 0.5) is 4.79 Å². The van der Waals surface area contributed by atoms with E-state index < -0.39 is 0 Å². The first-order valence-corrected chi connectivity index (χ1v) is 6.82. The summed E-state index contributed by atoms with van der Waals surface area (Å²) in [6.07, 6.45) is 2.12. The Morgan fingerprint density at radius 2 is 1.89 bits per heavy atom. The molecule has 0 aromatic heterocycles. The Labute approximate surface area is 115 Å². The molecule has 0 aliphatic heterocycles. The molecular formula is C15H24N2O2. The second-order valence-electron chi connectivity index (χ2n) is 5.07. The van der Waals surface area contributed by atoms with Crippen molar-refractivity contribution in [3.63, 3.8) is 0 Å². The molecule has 1 rings (SSSR count). The van der Waals surface area contributed by atoms with Crippen molar-refractivity contribution in [3.05, 3.63) is 35.4 Å². The maximum atomic E-state index is 11.6. The number of aliphatic hydroxyl groups is 1. The highest BCUT2D eigenvalue weighted by Gasteiger charge is 2.03. The molecule has 0 aliphatic carbocycles. The van der Waals surface area contributed by atoms with Gasteiger partial charge in [0.2, 0.25) is 0 Å². The number of urea groups is 1. The highest BCUT2D eigenvalue weighted by atomic mass is 16.3. The minimum atomic E-state index is -0.156. The summed E-state index contributed by atoms with van der Waals surface area (Å²) in [5.74, 6) is 0.668. The molecule has 4 heteroatoms. The minimum absolute atomic E-state index is 0.00609. The molecule has 0 bridgehead atoms. The third-order valence-corrected chi connectivity index (χ3v) is 2.97. The minimum Gasteiger partial charge on any atom is -0.392 e. The zero-order valence-electron chi connectivity index (χ0n) is 11.8. The molecule has 0 saturated carbocycles. The number of hydrogen-bond acceptors (Lipinski definition) is 2. The van der Waals surface area contributed by atoms with E-state index in [0.29, 0.717) is 19.0 Å². The SMILES string of the molecule is CC(C)CCCNC(=O)NCc1ccccc1CO. The molecule has 0 unspecified atom stereocenters. The van der Waals surface area contributed by atoms with Crippen LogP contribution in [0.5, 0.6) is 0 Å². The molecule has 1 aromatic carbocycles. The Morgan fingerprint density at radius 3 is 2.53 bits per heavy atom. The van der Waals surface area contributed by atoms with Crippen LogP contribution < -0.4 is 10.6 Å². The molecule has 0 fully saturated rings. The largest absolute Gasteiger partial charge is 0.392 e. The van der Waals surface area contributed by atoms with Crippen LogP contribution in [0.2, 0.25) is 0 Å². The Hall–Kier alpha value is -1.55. The molecule has 4 nitrogen and oxygen atoms in total. The number of carbonyl (C=O) groups is 1. The van der Waals surface area contributed by atoms with Gasteiger partial charge in [0, 0.05) is 13.1 Å². The van der Waals surface area contributed by atoms with Crippen molar-refractivity contribution >= 4 is 6.03 Å². The highest BCUT2D eigenvalue weighted by molar-refractivity contribution is 5.73. The highest BCUT2D eigenvalue weighted by Crippen LogP contribution is 2.07. The van der Waals surface area contributed by atoms with Gasteiger partial charge in [-0.25, -0.2) is 4.79 Å². The fourth-order valence-corrected chi connectivity index (χ4v) is 1.83. The summed E-state index contributed by atoms with van der Waals surface area (Å²) in [6.45, 7) is 5.48. The van der Waals surface area contributed by atoms with Gasteiger partial charge in [0.15, 0.2) is 0 Å². The van der Waals surface area contributed by atoms with Crippen molar-refractivity contribution in [2.24, 2.45) is 5.92 Å². The maximum absolute atomic E-state index is 11.6. The van der Waals surface area contributed by atoms with E-state index in [1.165, 1.54) is 0 Å². The van der Waals surface area contributed by atoms with Crippen molar-refractivity contribution in [1.29, 1.82) is 0 Å². The van der Waals surface area contributed by atoms with Gasteiger partial charge in [-0.3, -0.25) is 0 Å².